The molecule has 88 valence electrons. The van der Waals surface area contributed by atoms with E-state index in [1.807, 2.05) is 48.5 Å². The molecule has 0 unspecified atom stereocenters. The van der Waals surface area contributed by atoms with Crippen LogP contribution in [0.3, 0.4) is 0 Å². The van der Waals surface area contributed by atoms with Gasteiger partial charge < -0.3 is 15.2 Å². The van der Waals surface area contributed by atoms with E-state index in [9.17, 15) is 0 Å². The van der Waals surface area contributed by atoms with Crippen molar-refractivity contribution in [3.63, 3.8) is 0 Å². The van der Waals surface area contributed by atoms with Gasteiger partial charge in [0.1, 0.15) is 17.2 Å². The van der Waals surface area contributed by atoms with Gasteiger partial charge in [0.25, 0.3) is 0 Å². The van der Waals surface area contributed by atoms with Gasteiger partial charge in [-0.15, -0.1) is 0 Å². The molecule has 2 aromatic carbocycles. The largest absolute Gasteiger partial charge is 0.497 e. The Kier molecular flexibility index (Phi) is 3.62. The lowest BCUT2D eigenvalue weighted by molar-refractivity contribution is 0.412. The first-order chi connectivity index (χ1) is 8.33. The summed E-state index contributed by atoms with van der Waals surface area (Å²) in [7, 11) is 1.64. The van der Waals surface area contributed by atoms with E-state index in [0.717, 1.165) is 22.8 Å². The Bertz CT molecular complexity index is 480. The molecule has 0 fully saturated rings. The predicted octanol–water partition coefficient (Wildman–Crippen LogP) is 2.95. The maximum Gasteiger partial charge on any atom is 0.131 e. The van der Waals surface area contributed by atoms with Crippen LogP contribution in [-0.4, -0.2) is 7.11 Å². The molecular formula is C14H15NO2. The zero-order chi connectivity index (χ0) is 12.1. The third-order valence-corrected chi connectivity index (χ3v) is 2.48. The molecule has 0 bridgehead atoms. The molecule has 0 heterocycles. The van der Waals surface area contributed by atoms with Crippen molar-refractivity contribution >= 4 is 0 Å². The van der Waals surface area contributed by atoms with E-state index in [0.29, 0.717) is 6.54 Å². The second-order valence-electron chi connectivity index (χ2n) is 3.59. The van der Waals surface area contributed by atoms with E-state index in [1.165, 1.54) is 0 Å². The van der Waals surface area contributed by atoms with Crippen molar-refractivity contribution < 1.29 is 9.47 Å². The third-order valence-electron chi connectivity index (χ3n) is 2.48. The number of para-hydroxylation sites is 1. The van der Waals surface area contributed by atoms with Gasteiger partial charge in [0.15, 0.2) is 0 Å². The van der Waals surface area contributed by atoms with Crippen LogP contribution < -0.4 is 15.2 Å². The molecule has 0 saturated heterocycles. The Morgan fingerprint density at radius 2 is 1.59 bits per heavy atom. The van der Waals surface area contributed by atoms with Gasteiger partial charge in [0.2, 0.25) is 0 Å². The summed E-state index contributed by atoms with van der Waals surface area (Å²) in [6.45, 7) is 0.465. The normalized spacial score (nSPS) is 10.0. The average Bonchev–Trinajstić information content (AvgIpc) is 2.40. The number of hydrogen-bond acceptors (Lipinski definition) is 3. The highest BCUT2D eigenvalue weighted by molar-refractivity contribution is 5.39. The van der Waals surface area contributed by atoms with Crippen LogP contribution in [0.2, 0.25) is 0 Å². The molecule has 0 aliphatic carbocycles. The molecule has 0 aliphatic rings. The van der Waals surface area contributed by atoms with Crippen molar-refractivity contribution in [1.29, 1.82) is 0 Å². The van der Waals surface area contributed by atoms with E-state index in [2.05, 4.69) is 0 Å². The summed E-state index contributed by atoms with van der Waals surface area (Å²) in [5.74, 6) is 2.37. The van der Waals surface area contributed by atoms with Crippen molar-refractivity contribution in [2.75, 3.05) is 7.11 Å². The first kappa shape index (κ1) is 11.5. The molecule has 3 nitrogen and oxygen atoms in total. The molecule has 2 rings (SSSR count). The topological polar surface area (TPSA) is 44.5 Å². The quantitative estimate of drug-likeness (QED) is 0.876. The Balaban J connectivity index is 2.19. The van der Waals surface area contributed by atoms with E-state index in [-0.39, 0.29) is 0 Å². The molecule has 0 saturated carbocycles. The van der Waals surface area contributed by atoms with Gasteiger partial charge in [-0.2, -0.15) is 0 Å². The summed E-state index contributed by atoms with van der Waals surface area (Å²) in [6, 6.07) is 15.2. The summed E-state index contributed by atoms with van der Waals surface area (Å²) >= 11 is 0. The summed E-state index contributed by atoms with van der Waals surface area (Å²) in [5, 5.41) is 0. The molecule has 0 aliphatic heterocycles. The number of nitrogens with two attached hydrogens (primary N) is 1. The van der Waals surface area contributed by atoms with Gasteiger partial charge in [0.05, 0.1) is 7.11 Å². The Morgan fingerprint density at radius 3 is 2.24 bits per heavy atom. The lowest BCUT2D eigenvalue weighted by Gasteiger charge is -2.10. The Morgan fingerprint density at radius 1 is 0.941 bits per heavy atom. The molecule has 0 aromatic heterocycles. The van der Waals surface area contributed by atoms with Crippen molar-refractivity contribution in [1.82, 2.24) is 0 Å². The van der Waals surface area contributed by atoms with Crippen LogP contribution in [0.5, 0.6) is 17.2 Å². The minimum Gasteiger partial charge on any atom is -0.497 e. The highest BCUT2D eigenvalue weighted by Gasteiger charge is 2.02. The Labute approximate surface area is 101 Å². The van der Waals surface area contributed by atoms with Crippen molar-refractivity contribution in [3.05, 3.63) is 54.1 Å². The minimum atomic E-state index is 0.465. The molecule has 3 heteroatoms. The van der Waals surface area contributed by atoms with E-state index in [4.69, 9.17) is 15.2 Å². The number of rotatable bonds is 4. The van der Waals surface area contributed by atoms with Crippen molar-refractivity contribution in [3.8, 4) is 17.2 Å². The molecular weight excluding hydrogens is 214 g/mol. The molecule has 0 spiro atoms. The van der Waals surface area contributed by atoms with Gasteiger partial charge in [-0.3, -0.25) is 0 Å². The van der Waals surface area contributed by atoms with E-state index in [1.54, 1.807) is 7.11 Å². The average molecular weight is 229 g/mol. The predicted molar refractivity (Wildman–Crippen MR) is 67.4 cm³/mol. The zero-order valence-corrected chi connectivity index (χ0v) is 9.72. The standard InChI is InChI=1S/C14H15NO2/c1-16-12-6-8-13(9-7-12)17-14-5-3-2-4-11(14)10-15/h2-9H,10,15H2,1H3. The molecule has 2 aromatic rings. The summed E-state index contributed by atoms with van der Waals surface area (Å²) in [4.78, 5) is 0. The number of ether oxygens (including phenoxy) is 2. The van der Waals surface area contributed by atoms with Crippen LogP contribution in [0.1, 0.15) is 5.56 Å². The highest BCUT2D eigenvalue weighted by Crippen LogP contribution is 2.26. The smallest absolute Gasteiger partial charge is 0.131 e. The van der Waals surface area contributed by atoms with Crippen LogP contribution in [-0.2, 0) is 6.54 Å². The summed E-state index contributed by atoms with van der Waals surface area (Å²) in [6.07, 6.45) is 0. The first-order valence-corrected chi connectivity index (χ1v) is 5.43. The molecule has 0 amide bonds. The molecule has 0 radical (unpaired) electrons. The summed E-state index contributed by atoms with van der Waals surface area (Å²) < 4.78 is 10.9. The Hall–Kier alpha value is -2.00. The van der Waals surface area contributed by atoms with Crippen LogP contribution in [0, 0.1) is 0 Å². The number of hydrogen-bond donors (Lipinski definition) is 1. The lowest BCUT2D eigenvalue weighted by atomic mass is 10.2. The molecule has 17 heavy (non-hydrogen) atoms. The maximum absolute atomic E-state index is 5.76. The van der Waals surface area contributed by atoms with Crippen LogP contribution >= 0.6 is 0 Å². The lowest BCUT2D eigenvalue weighted by Crippen LogP contribution is -1.98. The molecule has 0 atom stereocenters. The van der Waals surface area contributed by atoms with Crippen LogP contribution in [0.25, 0.3) is 0 Å². The van der Waals surface area contributed by atoms with E-state index < -0.39 is 0 Å². The fourth-order valence-electron chi connectivity index (χ4n) is 1.54. The third kappa shape index (κ3) is 2.77. The van der Waals surface area contributed by atoms with Gasteiger partial charge in [0, 0.05) is 12.1 Å². The van der Waals surface area contributed by atoms with Gasteiger partial charge in [-0.1, -0.05) is 18.2 Å². The first-order valence-electron chi connectivity index (χ1n) is 5.43. The van der Waals surface area contributed by atoms with Crippen molar-refractivity contribution in [2.45, 2.75) is 6.54 Å². The fourth-order valence-corrected chi connectivity index (χ4v) is 1.54. The number of benzene rings is 2. The zero-order valence-electron chi connectivity index (χ0n) is 9.72. The van der Waals surface area contributed by atoms with Gasteiger partial charge in [-0.25, -0.2) is 0 Å². The summed E-state index contributed by atoms with van der Waals surface area (Å²) in [5.41, 5.74) is 6.64. The van der Waals surface area contributed by atoms with Crippen LogP contribution in [0.4, 0.5) is 0 Å². The molecule has 2 N–H and O–H groups in total. The van der Waals surface area contributed by atoms with Crippen molar-refractivity contribution in [2.24, 2.45) is 5.73 Å². The fraction of sp³-hybridized carbons (Fsp3) is 0.143. The number of methoxy groups -OCH3 is 1. The van der Waals surface area contributed by atoms with E-state index >= 15 is 0 Å². The maximum atomic E-state index is 5.76. The second kappa shape index (κ2) is 5.37. The highest BCUT2D eigenvalue weighted by atomic mass is 16.5. The van der Waals surface area contributed by atoms with Gasteiger partial charge in [-0.05, 0) is 30.3 Å². The monoisotopic (exact) mass is 229 g/mol. The second-order valence-corrected chi connectivity index (χ2v) is 3.59. The SMILES string of the molecule is COc1ccc(Oc2ccccc2CN)cc1. The van der Waals surface area contributed by atoms with Crippen LogP contribution in [0.15, 0.2) is 48.5 Å². The minimum absolute atomic E-state index is 0.465. The van der Waals surface area contributed by atoms with Gasteiger partial charge >= 0.3 is 0 Å².